The standard InChI is InChI=1S/C33H17N3O.2C32H16N4O/c1-2-8-22-20(7-1)21-14-16-26-30-28(21)32-35(22)23-9-3-4-10-24(23)36(32)33(30)29-25(37-26)15-13-18-11-12-19-6-5-17-34(33)31(19)27(18)29;1-2-8-22-21(7-1)35-30-20(6-3-15-33-30)19-12-14-24-28-26(19)31(35)36(22)32(28)27-23(37-24)13-11-17-9-10-18-5-4-16-34(32)29(18)25(17)27;1-2-7-21-20(6-1)35-22-8-3-15-33-29(22)19-12-14-24-28-26(19)31(35)36(21)32(28)27-23(37-24)13-11-17-9-10-18-5-4-16-34(32)30(18)25(17)27/h1-17H;2*1-16H/q3*+2. The van der Waals surface area contributed by atoms with E-state index in [4.69, 9.17) is 24.2 Å². The van der Waals surface area contributed by atoms with Gasteiger partial charge in [-0.25, -0.2) is 4.98 Å². The largest absolute Gasteiger partial charge is 0.456 e. The topological polar surface area (TPSA) is 90.0 Å². The molecule has 24 aromatic rings. The fourth-order valence-electron chi connectivity index (χ4n) is 23.6. The van der Waals surface area contributed by atoms with Gasteiger partial charge in [-0.15, -0.1) is 27.4 Å². The molecule has 3 unspecified atom stereocenters. The van der Waals surface area contributed by atoms with Crippen molar-refractivity contribution in [2.75, 3.05) is 0 Å². The average molecular weight is 1420 g/mol. The first-order chi connectivity index (χ1) is 55.1. The van der Waals surface area contributed by atoms with Gasteiger partial charge in [-0.05, 0) is 174 Å². The lowest BCUT2D eigenvalue weighted by atomic mass is 9.85. The number of aromatic nitrogens is 11. The van der Waals surface area contributed by atoms with Crippen LogP contribution in [0.3, 0.4) is 0 Å². The molecular weight excluding hydrogens is 1370 g/mol. The Bertz CT molecular complexity index is 8190. The highest BCUT2D eigenvalue weighted by Gasteiger charge is 2.72. The molecule has 0 saturated carbocycles. The summed E-state index contributed by atoms with van der Waals surface area (Å²) >= 11 is 0. The van der Waals surface area contributed by atoms with Crippen molar-refractivity contribution >= 4 is 180 Å². The van der Waals surface area contributed by atoms with E-state index >= 15 is 0 Å². The van der Waals surface area contributed by atoms with Crippen molar-refractivity contribution in [3.05, 3.63) is 331 Å². The molecule has 3 spiro atoms. The van der Waals surface area contributed by atoms with Gasteiger partial charge in [0, 0.05) is 68.3 Å². The van der Waals surface area contributed by atoms with Crippen LogP contribution < -0.4 is 41.6 Å². The van der Waals surface area contributed by atoms with E-state index in [0.29, 0.717) is 0 Å². The summed E-state index contributed by atoms with van der Waals surface area (Å²) in [7, 11) is 0. The molecule has 33 rings (SSSR count). The molecule has 0 bridgehead atoms. The number of benzene rings is 13. The van der Waals surface area contributed by atoms with E-state index < -0.39 is 17.0 Å². The van der Waals surface area contributed by atoms with E-state index in [2.05, 4.69) is 314 Å². The van der Waals surface area contributed by atoms with Crippen LogP contribution in [0.15, 0.2) is 298 Å². The molecule has 504 valence electrons. The zero-order chi connectivity index (χ0) is 70.9. The number of nitrogens with zero attached hydrogens (tertiary/aromatic N) is 11. The van der Waals surface area contributed by atoms with E-state index in [1.165, 1.54) is 186 Å². The van der Waals surface area contributed by atoms with Gasteiger partial charge in [-0.3, -0.25) is 4.98 Å². The Morgan fingerprint density at radius 2 is 0.595 bits per heavy atom. The van der Waals surface area contributed by atoms with E-state index in [-0.39, 0.29) is 0 Å². The highest BCUT2D eigenvalue weighted by atomic mass is 16.5. The SMILES string of the molecule is c1ccc2c(c1)c1ccc3c4c1c1n2c2ccccc2[n+]1C41c2c(ccc4ccc5ccc[n+]1c5c24)O3.c1cnc2c(c1)c1ccc3c4c1c1n2c2ccccc2[n+]1C41c2c(ccc4ccc5ccc[n+]1c5c24)O3.c1cnc2c3ccc4c5c3c3n(c2c1)c1ccccc1[n+]3C51c2c(ccc3ccc5ccc[n+]1c5c23)O4. The predicted octanol–water partition coefficient (Wildman–Crippen LogP) is 17.7. The van der Waals surface area contributed by atoms with Crippen LogP contribution in [-0.2, 0) is 17.0 Å². The van der Waals surface area contributed by atoms with Crippen LogP contribution in [0.25, 0.3) is 180 Å². The summed E-state index contributed by atoms with van der Waals surface area (Å²) in [6.45, 7) is 0. The number of pyridine rings is 8. The molecule has 9 aliphatic rings. The number of rotatable bonds is 0. The summed E-state index contributed by atoms with van der Waals surface area (Å²) < 4.78 is 42.8. The van der Waals surface area contributed by atoms with Gasteiger partial charge in [-0.1, -0.05) is 91.0 Å². The molecule has 14 nitrogen and oxygen atoms in total. The van der Waals surface area contributed by atoms with Crippen molar-refractivity contribution in [3.8, 4) is 34.5 Å². The first-order valence-corrected chi connectivity index (χ1v) is 38.1. The van der Waals surface area contributed by atoms with E-state index in [1.54, 1.807) is 0 Å². The van der Waals surface area contributed by atoms with Crippen LogP contribution in [0, 0.1) is 0 Å². The molecule has 13 aromatic carbocycles. The minimum absolute atomic E-state index is 0.556. The second-order valence-electron chi connectivity index (χ2n) is 31.4. The number of para-hydroxylation sites is 7. The van der Waals surface area contributed by atoms with Crippen molar-refractivity contribution in [2.24, 2.45) is 0 Å². The predicted molar refractivity (Wildman–Crippen MR) is 426 cm³/mol. The van der Waals surface area contributed by atoms with Crippen LogP contribution in [0.1, 0.15) is 33.4 Å². The van der Waals surface area contributed by atoms with Crippen LogP contribution in [-0.4, -0.2) is 23.2 Å². The molecule has 20 heterocycles. The number of hydrogen-bond acceptors (Lipinski definition) is 5. The first-order valence-electron chi connectivity index (χ1n) is 38.1. The van der Waals surface area contributed by atoms with Crippen molar-refractivity contribution in [1.82, 2.24) is 23.2 Å². The second-order valence-corrected chi connectivity index (χ2v) is 31.4. The highest BCUT2D eigenvalue weighted by molar-refractivity contribution is 6.21. The fraction of sp³-hybridized carbons (Fsp3) is 0.0309. The van der Waals surface area contributed by atoms with Crippen molar-refractivity contribution in [3.63, 3.8) is 0 Å². The molecule has 0 saturated heterocycles. The number of hydrogen-bond donors (Lipinski definition) is 0. The second kappa shape index (κ2) is 17.5. The van der Waals surface area contributed by atoms with Gasteiger partial charge in [0.05, 0.1) is 37.7 Å². The molecule has 0 fully saturated rings. The molecule has 0 N–H and O–H groups in total. The van der Waals surface area contributed by atoms with Gasteiger partial charge in [0.15, 0.2) is 57.2 Å². The van der Waals surface area contributed by atoms with Gasteiger partial charge in [0.1, 0.15) is 78.9 Å². The van der Waals surface area contributed by atoms with Crippen LogP contribution in [0.5, 0.6) is 34.5 Å². The average Bonchev–Trinajstić information content (AvgIpc) is 1.47. The van der Waals surface area contributed by atoms with Gasteiger partial charge in [0.25, 0.3) is 0 Å². The zero-order valence-electron chi connectivity index (χ0n) is 58.4. The summed E-state index contributed by atoms with van der Waals surface area (Å²) in [6.07, 6.45) is 10.6. The van der Waals surface area contributed by atoms with Gasteiger partial charge in [0.2, 0.25) is 22.2 Å². The minimum Gasteiger partial charge on any atom is -0.456 e. The molecule has 11 aromatic heterocycles. The Morgan fingerprint density at radius 3 is 1.09 bits per heavy atom. The maximum absolute atomic E-state index is 6.76. The smallest absolute Gasteiger partial charge is 0.372 e. The normalized spacial score (nSPS) is 18.1. The zero-order valence-corrected chi connectivity index (χ0v) is 58.4. The van der Waals surface area contributed by atoms with Gasteiger partial charge >= 0.3 is 33.9 Å². The number of fused-ring (bicyclic) bond motifs is 18. The molecule has 0 amide bonds. The molecule has 3 atom stereocenters. The summed E-state index contributed by atoms with van der Waals surface area (Å²) in [5.74, 6) is 5.60. The number of ether oxygens (including phenoxy) is 3. The highest BCUT2D eigenvalue weighted by Crippen LogP contribution is 2.62. The van der Waals surface area contributed by atoms with Crippen LogP contribution in [0.2, 0.25) is 0 Å². The van der Waals surface area contributed by atoms with Gasteiger partial charge < -0.3 is 14.2 Å². The third-order valence-corrected chi connectivity index (χ3v) is 27.0. The summed E-state index contributed by atoms with van der Waals surface area (Å²) in [6, 6.07) is 96.6. The van der Waals surface area contributed by atoms with E-state index in [9.17, 15) is 0 Å². The Hall–Kier alpha value is -15.0. The molecule has 111 heavy (non-hydrogen) atoms. The Balaban J connectivity index is 0.0000000840. The molecule has 0 aliphatic carbocycles. The Morgan fingerprint density at radius 1 is 0.252 bits per heavy atom. The summed E-state index contributed by atoms with van der Waals surface area (Å²) in [4.78, 5) is 9.83. The number of imidazole rings is 3. The van der Waals surface area contributed by atoms with Crippen molar-refractivity contribution in [1.29, 1.82) is 0 Å². The first kappa shape index (κ1) is 54.6. The molecule has 14 heteroatoms. The summed E-state index contributed by atoms with van der Waals surface area (Å²) in [5, 5.41) is 21.2. The minimum atomic E-state index is -0.584. The maximum Gasteiger partial charge on any atom is 0.372 e. The Labute approximate surface area is 624 Å². The Kier molecular flexibility index (Phi) is 8.60. The van der Waals surface area contributed by atoms with Crippen molar-refractivity contribution < 1.29 is 41.6 Å². The third-order valence-electron chi connectivity index (χ3n) is 27.0. The van der Waals surface area contributed by atoms with Crippen molar-refractivity contribution in [2.45, 2.75) is 17.0 Å². The third kappa shape index (κ3) is 5.40. The molecule has 9 aliphatic heterocycles. The van der Waals surface area contributed by atoms with Crippen LogP contribution in [0.4, 0.5) is 0 Å². The van der Waals surface area contributed by atoms with E-state index in [1.807, 2.05) is 24.5 Å². The quantitative estimate of drug-likeness (QED) is 0.111. The molecular formula is C97H49N11O3+6. The lowest BCUT2D eigenvalue weighted by Crippen LogP contribution is -2.72. The lowest BCUT2D eigenvalue weighted by Gasteiger charge is -2.28. The molecule has 0 radical (unpaired) electrons. The summed E-state index contributed by atoms with van der Waals surface area (Å²) in [5.41, 5.74) is 24.6. The monoisotopic (exact) mass is 1420 g/mol. The lowest BCUT2D eigenvalue weighted by molar-refractivity contribution is -0.935. The van der Waals surface area contributed by atoms with E-state index in [0.717, 1.165) is 62.1 Å². The maximum atomic E-state index is 6.76. The fourth-order valence-corrected chi connectivity index (χ4v) is 23.6. The van der Waals surface area contributed by atoms with Gasteiger partial charge in [-0.2, -0.15) is 13.2 Å². The van der Waals surface area contributed by atoms with Crippen LogP contribution >= 0.6 is 0 Å².